The summed E-state index contributed by atoms with van der Waals surface area (Å²) in [7, 11) is -0.872. The molecule has 1 rings (SSSR count). The lowest BCUT2D eigenvalue weighted by molar-refractivity contribution is 0.122. The minimum atomic E-state index is -3.76. The Hall–Kier alpha value is -0.530. The summed E-state index contributed by atoms with van der Waals surface area (Å²) < 4.78 is 37.2. The maximum atomic E-state index is 12.3. The largest absolute Gasteiger partial charge is 0.495 e. The van der Waals surface area contributed by atoms with Crippen molar-refractivity contribution in [3.05, 3.63) is 22.7 Å². The van der Waals surface area contributed by atoms with Crippen LogP contribution in [0.5, 0.6) is 5.75 Å². The predicted octanol–water partition coefficient (Wildman–Crippen LogP) is 2.40. The van der Waals surface area contributed by atoms with Crippen molar-refractivity contribution in [3.8, 4) is 5.75 Å². The molecule has 0 aliphatic carbocycles. The quantitative estimate of drug-likeness (QED) is 0.773. The van der Waals surface area contributed by atoms with Crippen molar-refractivity contribution in [3.63, 3.8) is 0 Å². The van der Waals surface area contributed by atoms with Crippen LogP contribution in [0.3, 0.4) is 0 Å². The molecule has 0 bridgehead atoms. The second-order valence-electron chi connectivity index (χ2n) is 4.13. The Balaban J connectivity index is 3.20. The molecule has 0 fully saturated rings. The number of alkyl halides is 1. The topological polar surface area (TPSA) is 64.6 Å². The van der Waals surface area contributed by atoms with Gasteiger partial charge in [-0.1, -0.05) is 11.6 Å². The van der Waals surface area contributed by atoms with Gasteiger partial charge in [0, 0.05) is 24.2 Å². The third-order valence-electron chi connectivity index (χ3n) is 2.70. The summed E-state index contributed by atoms with van der Waals surface area (Å²) in [5.74, 6) is 0.294. The van der Waals surface area contributed by atoms with E-state index in [0.29, 0.717) is 5.56 Å². The number of nitrogens with one attached hydrogen (secondary N) is 1. The number of hydrogen-bond acceptors (Lipinski definition) is 4. The molecule has 8 heteroatoms. The van der Waals surface area contributed by atoms with Crippen LogP contribution in [0.15, 0.2) is 17.0 Å². The highest BCUT2D eigenvalue weighted by atomic mass is 35.5. The summed E-state index contributed by atoms with van der Waals surface area (Å²) in [6, 6.07) is 2.90. The SMILES string of the molecule is COc1c(CCl)cc(Cl)cc1S(=O)(=O)NCC(C)OC. The zero-order valence-electron chi connectivity index (χ0n) is 11.4. The van der Waals surface area contributed by atoms with E-state index in [1.54, 1.807) is 13.0 Å². The van der Waals surface area contributed by atoms with Crippen molar-refractivity contribution in [2.45, 2.75) is 23.8 Å². The second-order valence-corrected chi connectivity index (χ2v) is 6.57. The molecule has 114 valence electrons. The van der Waals surface area contributed by atoms with Gasteiger partial charge in [-0.3, -0.25) is 0 Å². The van der Waals surface area contributed by atoms with E-state index in [-0.39, 0.29) is 34.2 Å². The van der Waals surface area contributed by atoms with Gasteiger partial charge in [-0.05, 0) is 19.1 Å². The Labute approximate surface area is 129 Å². The van der Waals surface area contributed by atoms with Crippen LogP contribution in [-0.4, -0.2) is 35.3 Å². The summed E-state index contributed by atoms with van der Waals surface area (Å²) in [4.78, 5) is -0.0357. The summed E-state index contributed by atoms with van der Waals surface area (Å²) >= 11 is 11.7. The molecule has 0 saturated heterocycles. The molecular weight excluding hydrogens is 325 g/mol. The molecule has 0 amide bonds. The van der Waals surface area contributed by atoms with Crippen molar-refractivity contribution in [2.24, 2.45) is 0 Å². The van der Waals surface area contributed by atoms with Gasteiger partial charge in [-0.25, -0.2) is 13.1 Å². The van der Waals surface area contributed by atoms with E-state index in [9.17, 15) is 8.42 Å². The molecule has 1 unspecified atom stereocenters. The number of ether oxygens (including phenoxy) is 2. The first-order valence-corrected chi connectivity index (χ1v) is 8.20. The summed E-state index contributed by atoms with van der Waals surface area (Å²) in [6.07, 6.45) is -0.248. The lowest BCUT2D eigenvalue weighted by Gasteiger charge is -2.15. The van der Waals surface area contributed by atoms with Gasteiger partial charge in [-0.15, -0.1) is 11.6 Å². The van der Waals surface area contributed by atoms with Gasteiger partial charge in [0.25, 0.3) is 0 Å². The first-order valence-electron chi connectivity index (χ1n) is 5.80. The van der Waals surface area contributed by atoms with Crippen molar-refractivity contribution >= 4 is 33.2 Å². The summed E-state index contributed by atoms with van der Waals surface area (Å²) in [5.41, 5.74) is 0.516. The first kappa shape index (κ1) is 17.5. The van der Waals surface area contributed by atoms with Crippen molar-refractivity contribution < 1.29 is 17.9 Å². The zero-order valence-corrected chi connectivity index (χ0v) is 13.8. The Morgan fingerprint density at radius 1 is 1.35 bits per heavy atom. The van der Waals surface area contributed by atoms with E-state index in [0.717, 1.165) is 0 Å². The maximum Gasteiger partial charge on any atom is 0.244 e. The average molecular weight is 342 g/mol. The van der Waals surface area contributed by atoms with Crippen LogP contribution in [0.1, 0.15) is 12.5 Å². The molecule has 1 N–H and O–H groups in total. The van der Waals surface area contributed by atoms with Crippen LogP contribution in [0.25, 0.3) is 0 Å². The van der Waals surface area contributed by atoms with Crippen molar-refractivity contribution in [1.29, 1.82) is 0 Å². The minimum absolute atomic E-state index is 0.0357. The van der Waals surface area contributed by atoms with Gasteiger partial charge in [0.05, 0.1) is 19.1 Å². The fraction of sp³-hybridized carbons (Fsp3) is 0.500. The van der Waals surface area contributed by atoms with Crippen LogP contribution in [0.4, 0.5) is 0 Å². The minimum Gasteiger partial charge on any atom is -0.495 e. The van der Waals surface area contributed by atoms with Crippen LogP contribution in [0, 0.1) is 0 Å². The zero-order chi connectivity index (χ0) is 15.3. The number of halogens is 2. The number of sulfonamides is 1. The number of hydrogen-bond donors (Lipinski definition) is 1. The van der Waals surface area contributed by atoms with Gasteiger partial charge in [-0.2, -0.15) is 0 Å². The molecular formula is C12H17Cl2NO4S. The molecule has 0 aliphatic heterocycles. The van der Waals surface area contributed by atoms with Gasteiger partial charge in [0.15, 0.2) is 0 Å². The van der Waals surface area contributed by atoms with Gasteiger partial charge >= 0.3 is 0 Å². The molecule has 1 aromatic carbocycles. The van der Waals surface area contributed by atoms with Crippen LogP contribution >= 0.6 is 23.2 Å². The second kappa shape index (κ2) is 7.47. The normalized spacial score (nSPS) is 13.2. The molecule has 0 spiro atoms. The number of methoxy groups -OCH3 is 2. The highest BCUT2D eigenvalue weighted by Gasteiger charge is 2.23. The lowest BCUT2D eigenvalue weighted by atomic mass is 10.2. The van der Waals surface area contributed by atoms with E-state index < -0.39 is 10.0 Å². The van der Waals surface area contributed by atoms with E-state index in [4.69, 9.17) is 32.7 Å². The van der Waals surface area contributed by atoms with Gasteiger partial charge in [0.2, 0.25) is 10.0 Å². The highest BCUT2D eigenvalue weighted by molar-refractivity contribution is 7.89. The molecule has 20 heavy (non-hydrogen) atoms. The first-order chi connectivity index (χ1) is 9.35. The van der Waals surface area contributed by atoms with Crippen molar-refractivity contribution in [1.82, 2.24) is 4.72 Å². The van der Waals surface area contributed by atoms with Gasteiger partial charge < -0.3 is 9.47 Å². The molecule has 5 nitrogen and oxygen atoms in total. The highest BCUT2D eigenvalue weighted by Crippen LogP contribution is 2.32. The fourth-order valence-electron chi connectivity index (χ4n) is 1.54. The Kier molecular flexibility index (Phi) is 6.54. The molecule has 0 aliphatic rings. The standard InChI is InChI=1S/C12H17Cl2NO4S/c1-8(18-2)7-15-20(16,17)11-5-10(14)4-9(6-13)12(11)19-3/h4-5,8,15H,6-7H2,1-3H3. The van der Waals surface area contributed by atoms with Crippen molar-refractivity contribution in [2.75, 3.05) is 20.8 Å². The average Bonchev–Trinajstić information content (AvgIpc) is 2.43. The third kappa shape index (κ3) is 4.23. The molecule has 1 atom stereocenters. The van der Waals surface area contributed by atoms with E-state index in [1.807, 2.05) is 0 Å². The Morgan fingerprint density at radius 3 is 2.50 bits per heavy atom. The predicted molar refractivity (Wildman–Crippen MR) is 79.2 cm³/mol. The molecule has 0 aromatic heterocycles. The monoisotopic (exact) mass is 341 g/mol. The number of rotatable bonds is 7. The van der Waals surface area contributed by atoms with Crippen LogP contribution < -0.4 is 9.46 Å². The Bertz CT molecular complexity index is 563. The molecule has 0 heterocycles. The lowest BCUT2D eigenvalue weighted by Crippen LogP contribution is -2.32. The third-order valence-corrected chi connectivity index (χ3v) is 4.63. The van der Waals surface area contributed by atoms with Crippen LogP contribution in [-0.2, 0) is 20.6 Å². The fourth-order valence-corrected chi connectivity index (χ4v) is 3.40. The maximum absolute atomic E-state index is 12.3. The Morgan fingerprint density at radius 2 is 2.00 bits per heavy atom. The molecule has 0 saturated carbocycles. The van der Waals surface area contributed by atoms with E-state index >= 15 is 0 Å². The molecule has 1 aromatic rings. The van der Waals surface area contributed by atoms with E-state index in [2.05, 4.69) is 4.72 Å². The smallest absolute Gasteiger partial charge is 0.244 e. The molecule has 0 radical (unpaired) electrons. The number of benzene rings is 1. The summed E-state index contributed by atoms with van der Waals surface area (Å²) in [5, 5.41) is 0.279. The van der Waals surface area contributed by atoms with Crippen LogP contribution in [0.2, 0.25) is 5.02 Å². The van der Waals surface area contributed by atoms with Gasteiger partial charge in [0.1, 0.15) is 10.6 Å². The van der Waals surface area contributed by atoms with E-state index in [1.165, 1.54) is 20.3 Å². The summed E-state index contributed by atoms with van der Waals surface area (Å²) in [6.45, 7) is 1.90.